The largest absolute Gasteiger partial charge is 0.377 e. The van der Waals surface area contributed by atoms with Crippen molar-refractivity contribution in [3.8, 4) is 0 Å². The third-order valence-corrected chi connectivity index (χ3v) is 2.33. The molecule has 0 amide bonds. The number of rotatable bonds is 0. The fourth-order valence-corrected chi connectivity index (χ4v) is 1.77. The van der Waals surface area contributed by atoms with Crippen molar-refractivity contribution in [1.29, 1.82) is 0 Å². The number of ether oxygens (including phenoxy) is 1. The van der Waals surface area contributed by atoms with Crippen LogP contribution in [-0.2, 0) is 4.74 Å². The third-order valence-electron chi connectivity index (χ3n) is 2.33. The second-order valence-electron chi connectivity index (χ2n) is 2.97. The highest BCUT2D eigenvalue weighted by Crippen LogP contribution is 2.22. The fraction of sp³-hybridized carbons (Fsp3) is 1.00. The molecule has 0 aliphatic carbocycles. The summed E-state index contributed by atoms with van der Waals surface area (Å²) in [6, 6.07) is 0. The van der Waals surface area contributed by atoms with Crippen LogP contribution in [0, 0.1) is 5.92 Å². The molecular weight excluding hydrogens is 114 g/mol. The molecule has 2 atom stereocenters. The average molecular weight is 127 g/mol. The second-order valence-corrected chi connectivity index (χ2v) is 2.97. The minimum Gasteiger partial charge on any atom is -0.377 e. The summed E-state index contributed by atoms with van der Waals surface area (Å²) in [5.74, 6) is 0.832. The molecule has 9 heavy (non-hydrogen) atoms. The lowest BCUT2D eigenvalue weighted by Crippen LogP contribution is -2.27. The van der Waals surface area contributed by atoms with Gasteiger partial charge in [-0.2, -0.15) is 0 Å². The zero-order valence-corrected chi connectivity index (χ0v) is 5.60. The Morgan fingerprint density at radius 2 is 2.33 bits per heavy atom. The lowest BCUT2D eigenvalue weighted by atomic mass is 9.98. The molecule has 0 spiro atoms. The van der Waals surface area contributed by atoms with E-state index in [-0.39, 0.29) is 0 Å². The molecule has 2 heterocycles. The van der Waals surface area contributed by atoms with Gasteiger partial charge in [-0.15, -0.1) is 0 Å². The van der Waals surface area contributed by atoms with Crippen LogP contribution in [0.15, 0.2) is 0 Å². The smallest absolute Gasteiger partial charge is 0.0739 e. The molecular formula is C7H13NO. The molecule has 0 aromatic carbocycles. The summed E-state index contributed by atoms with van der Waals surface area (Å²) < 4.78 is 5.54. The van der Waals surface area contributed by atoms with Gasteiger partial charge in [0.1, 0.15) is 0 Å². The topological polar surface area (TPSA) is 21.3 Å². The van der Waals surface area contributed by atoms with Gasteiger partial charge in [0, 0.05) is 19.7 Å². The second kappa shape index (κ2) is 2.27. The number of hydrogen-bond donors (Lipinski definition) is 1. The van der Waals surface area contributed by atoms with Crippen molar-refractivity contribution in [2.24, 2.45) is 5.92 Å². The van der Waals surface area contributed by atoms with E-state index in [2.05, 4.69) is 5.32 Å². The van der Waals surface area contributed by atoms with E-state index in [0.29, 0.717) is 6.10 Å². The van der Waals surface area contributed by atoms with Crippen LogP contribution in [0.1, 0.15) is 12.8 Å². The van der Waals surface area contributed by atoms with Crippen LogP contribution >= 0.6 is 0 Å². The van der Waals surface area contributed by atoms with Crippen LogP contribution < -0.4 is 5.32 Å². The highest BCUT2D eigenvalue weighted by atomic mass is 16.5. The quantitative estimate of drug-likeness (QED) is 0.508. The molecule has 0 aromatic rings. The van der Waals surface area contributed by atoms with Crippen LogP contribution in [0.2, 0.25) is 0 Å². The third kappa shape index (κ3) is 0.970. The number of fused-ring (bicyclic) bond motifs is 1. The molecule has 0 radical (unpaired) electrons. The normalized spacial score (nSPS) is 42.7. The van der Waals surface area contributed by atoms with Gasteiger partial charge in [-0.25, -0.2) is 0 Å². The first-order valence-electron chi connectivity index (χ1n) is 3.79. The van der Waals surface area contributed by atoms with Gasteiger partial charge in [-0.05, 0) is 18.8 Å². The van der Waals surface area contributed by atoms with E-state index >= 15 is 0 Å². The Kier molecular flexibility index (Phi) is 1.44. The Balaban J connectivity index is 1.97. The predicted molar refractivity (Wildman–Crippen MR) is 35.3 cm³/mol. The summed E-state index contributed by atoms with van der Waals surface area (Å²) in [4.78, 5) is 0. The fourth-order valence-electron chi connectivity index (χ4n) is 1.77. The Labute approximate surface area is 55.6 Å². The van der Waals surface area contributed by atoms with Gasteiger partial charge in [0.2, 0.25) is 0 Å². The van der Waals surface area contributed by atoms with Gasteiger partial charge in [0.15, 0.2) is 0 Å². The molecule has 52 valence electrons. The van der Waals surface area contributed by atoms with Crippen LogP contribution in [0.4, 0.5) is 0 Å². The Morgan fingerprint density at radius 3 is 3.22 bits per heavy atom. The molecule has 2 aliphatic heterocycles. The lowest BCUT2D eigenvalue weighted by Gasteiger charge is -2.24. The van der Waals surface area contributed by atoms with Crippen LogP contribution in [0.3, 0.4) is 0 Å². The molecule has 0 saturated carbocycles. The highest BCUT2D eigenvalue weighted by molar-refractivity contribution is 4.83. The Morgan fingerprint density at radius 1 is 1.33 bits per heavy atom. The maximum absolute atomic E-state index is 5.54. The van der Waals surface area contributed by atoms with Gasteiger partial charge in [0.05, 0.1) is 6.10 Å². The summed E-state index contributed by atoms with van der Waals surface area (Å²) in [6.45, 7) is 3.26. The van der Waals surface area contributed by atoms with E-state index < -0.39 is 0 Å². The van der Waals surface area contributed by atoms with Gasteiger partial charge >= 0.3 is 0 Å². The van der Waals surface area contributed by atoms with E-state index in [9.17, 15) is 0 Å². The molecule has 2 heteroatoms. The molecule has 2 rings (SSSR count). The standard InChI is InChI=1S/C7H13NO/c1-2-6-4-8-5-7(6)9-3-1/h6-8H,1-5H2/t6-,7+/m1/s1. The van der Waals surface area contributed by atoms with Crippen molar-refractivity contribution in [2.75, 3.05) is 19.7 Å². The van der Waals surface area contributed by atoms with Crippen LogP contribution in [0.5, 0.6) is 0 Å². The molecule has 0 unspecified atom stereocenters. The molecule has 2 saturated heterocycles. The van der Waals surface area contributed by atoms with E-state index in [1.807, 2.05) is 0 Å². The average Bonchev–Trinajstić information content (AvgIpc) is 2.33. The Hall–Kier alpha value is -0.0800. The minimum absolute atomic E-state index is 0.554. The van der Waals surface area contributed by atoms with E-state index in [0.717, 1.165) is 19.1 Å². The van der Waals surface area contributed by atoms with Crippen LogP contribution in [0.25, 0.3) is 0 Å². The summed E-state index contributed by atoms with van der Waals surface area (Å²) in [5, 5.41) is 3.34. The maximum Gasteiger partial charge on any atom is 0.0739 e. The van der Waals surface area contributed by atoms with Crippen molar-refractivity contribution >= 4 is 0 Å². The van der Waals surface area contributed by atoms with Crippen molar-refractivity contribution in [3.05, 3.63) is 0 Å². The van der Waals surface area contributed by atoms with E-state index in [1.165, 1.54) is 19.4 Å². The van der Waals surface area contributed by atoms with Gasteiger partial charge in [-0.3, -0.25) is 0 Å². The first-order chi connectivity index (χ1) is 4.47. The van der Waals surface area contributed by atoms with Crippen molar-refractivity contribution in [2.45, 2.75) is 18.9 Å². The van der Waals surface area contributed by atoms with Crippen LogP contribution in [-0.4, -0.2) is 25.8 Å². The summed E-state index contributed by atoms with van der Waals surface area (Å²) in [6.07, 6.45) is 3.19. The lowest BCUT2D eigenvalue weighted by molar-refractivity contribution is 0.000755. The van der Waals surface area contributed by atoms with Crippen molar-refractivity contribution in [3.63, 3.8) is 0 Å². The monoisotopic (exact) mass is 127 g/mol. The van der Waals surface area contributed by atoms with Gasteiger partial charge in [0.25, 0.3) is 0 Å². The zero-order valence-electron chi connectivity index (χ0n) is 5.60. The first kappa shape index (κ1) is 5.69. The molecule has 2 fully saturated rings. The van der Waals surface area contributed by atoms with E-state index in [4.69, 9.17) is 4.74 Å². The summed E-state index contributed by atoms with van der Waals surface area (Å²) in [5.41, 5.74) is 0. The molecule has 0 aromatic heterocycles. The summed E-state index contributed by atoms with van der Waals surface area (Å²) in [7, 11) is 0. The van der Waals surface area contributed by atoms with Crippen molar-refractivity contribution < 1.29 is 4.74 Å². The maximum atomic E-state index is 5.54. The first-order valence-corrected chi connectivity index (χ1v) is 3.79. The molecule has 2 aliphatic rings. The highest BCUT2D eigenvalue weighted by Gasteiger charge is 2.29. The van der Waals surface area contributed by atoms with E-state index in [1.54, 1.807) is 0 Å². The molecule has 1 N–H and O–H groups in total. The zero-order chi connectivity index (χ0) is 6.10. The Bertz CT molecular complexity index is 93.1. The van der Waals surface area contributed by atoms with Crippen molar-refractivity contribution in [1.82, 2.24) is 5.32 Å². The molecule has 2 nitrogen and oxygen atoms in total. The SMILES string of the molecule is C1CO[C@H]2CNC[C@H]2C1. The van der Waals surface area contributed by atoms with Gasteiger partial charge < -0.3 is 10.1 Å². The summed E-state index contributed by atoms with van der Waals surface area (Å²) >= 11 is 0. The number of hydrogen-bond acceptors (Lipinski definition) is 2. The minimum atomic E-state index is 0.554. The van der Waals surface area contributed by atoms with Gasteiger partial charge in [-0.1, -0.05) is 0 Å². The number of nitrogens with one attached hydrogen (secondary N) is 1. The molecule has 0 bridgehead atoms. The predicted octanol–water partition coefficient (Wildman–Crippen LogP) is 0.385.